The van der Waals surface area contributed by atoms with E-state index in [1.807, 2.05) is 0 Å². The molecule has 0 saturated carbocycles. The molecule has 0 fully saturated rings. The summed E-state index contributed by atoms with van der Waals surface area (Å²) >= 11 is 12.8. The largest absolute Gasteiger partial charge is 0.261 e. The van der Waals surface area contributed by atoms with E-state index in [-0.39, 0.29) is 4.90 Å². The summed E-state index contributed by atoms with van der Waals surface area (Å²) in [6, 6.07) is 5.74. The molecule has 0 aliphatic carbocycles. The fourth-order valence-electron chi connectivity index (χ4n) is 0.701. The van der Waals surface area contributed by atoms with Crippen molar-refractivity contribution < 1.29 is 8.42 Å². The van der Waals surface area contributed by atoms with Crippen molar-refractivity contribution >= 4 is 47.3 Å². The third-order valence-electron chi connectivity index (χ3n) is 1.33. The second-order valence-electron chi connectivity index (χ2n) is 2.18. The van der Waals surface area contributed by atoms with Crippen LogP contribution in [0.3, 0.4) is 0 Å². The average molecular weight is 256 g/mol. The number of hydrogen-bond donors (Lipinski definition) is 2. The minimum Gasteiger partial charge on any atom is -0.205 e. The SMILES string of the molecule is O=S(=O)(c1ccc(Cl)cc1)N(S)S. The van der Waals surface area contributed by atoms with Gasteiger partial charge in [0.15, 0.2) is 0 Å². The van der Waals surface area contributed by atoms with E-state index in [1.54, 1.807) is 0 Å². The first-order chi connectivity index (χ1) is 5.94. The summed E-state index contributed by atoms with van der Waals surface area (Å²) in [5.41, 5.74) is 0. The van der Waals surface area contributed by atoms with Gasteiger partial charge < -0.3 is 0 Å². The molecule has 0 atom stereocenters. The Morgan fingerprint density at radius 3 is 2.00 bits per heavy atom. The lowest BCUT2D eigenvalue weighted by atomic mass is 10.4. The van der Waals surface area contributed by atoms with E-state index in [0.717, 1.165) is 0 Å². The quantitative estimate of drug-likeness (QED) is 0.794. The van der Waals surface area contributed by atoms with Crippen molar-refractivity contribution in [3.05, 3.63) is 29.3 Å². The van der Waals surface area contributed by atoms with Crippen molar-refractivity contribution in [2.45, 2.75) is 4.90 Å². The summed E-state index contributed by atoms with van der Waals surface area (Å²) in [5.74, 6) is 0. The molecule has 7 heteroatoms. The van der Waals surface area contributed by atoms with Crippen LogP contribution in [0, 0.1) is 0 Å². The average Bonchev–Trinajstić information content (AvgIpc) is 2.04. The van der Waals surface area contributed by atoms with Gasteiger partial charge in [0.25, 0.3) is 10.0 Å². The maximum absolute atomic E-state index is 11.4. The number of sulfonamides is 1. The van der Waals surface area contributed by atoms with Crippen molar-refractivity contribution in [1.82, 2.24) is 3.12 Å². The monoisotopic (exact) mass is 255 g/mol. The van der Waals surface area contributed by atoms with Crippen molar-refractivity contribution in [1.29, 1.82) is 0 Å². The predicted octanol–water partition coefficient (Wildman–Crippen LogP) is 2.02. The Balaban J connectivity index is 3.17. The molecule has 0 aromatic heterocycles. The van der Waals surface area contributed by atoms with Gasteiger partial charge in [-0.25, -0.2) is 8.42 Å². The van der Waals surface area contributed by atoms with Gasteiger partial charge in [0.2, 0.25) is 0 Å². The van der Waals surface area contributed by atoms with Gasteiger partial charge in [0, 0.05) is 5.02 Å². The smallest absolute Gasteiger partial charge is 0.205 e. The van der Waals surface area contributed by atoms with Crippen LogP contribution in [0.4, 0.5) is 0 Å². The molecule has 0 amide bonds. The molecule has 1 aromatic rings. The van der Waals surface area contributed by atoms with Crippen LogP contribution in [0.1, 0.15) is 0 Å². The van der Waals surface area contributed by atoms with Crippen LogP contribution < -0.4 is 0 Å². The molecule has 0 heterocycles. The van der Waals surface area contributed by atoms with E-state index in [0.29, 0.717) is 8.14 Å². The van der Waals surface area contributed by atoms with Crippen molar-refractivity contribution in [2.75, 3.05) is 0 Å². The van der Waals surface area contributed by atoms with Crippen LogP contribution in [-0.2, 0) is 10.0 Å². The highest BCUT2D eigenvalue weighted by atomic mass is 35.5. The van der Waals surface area contributed by atoms with Gasteiger partial charge in [0.05, 0.1) is 4.90 Å². The number of hydrogen-bond acceptors (Lipinski definition) is 4. The third-order valence-corrected chi connectivity index (χ3v) is 4.17. The maximum atomic E-state index is 11.4. The molecule has 0 unspecified atom stereocenters. The number of rotatable bonds is 2. The van der Waals surface area contributed by atoms with Gasteiger partial charge in [-0.05, 0) is 24.3 Å². The van der Waals surface area contributed by atoms with Gasteiger partial charge in [-0.15, -0.1) is 0 Å². The highest BCUT2D eigenvalue weighted by Crippen LogP contribution is 2.20. The standard InChI is InChI=1S/C6H6ClNO2S3/c7-5-1-3-6(4-2-5)13(9,10)8(11)12/h1-4,11-12H. The van der Waals surface area contributed by atoms with Crippen LogP contribution >= 0.6 is 37.2 Å². The van der Waals surface area contributed by atoms with E-state index in [1.165, 1.54) is 24.3 Å². The molecule has 0 spiro atoms. The van der Waals surface area contributed by atoms with Crippen LogP contribution in [-0.4, -0.2) is 11.5 Å². The summed E-state index contributed by atoms with van der Waals surface area (Å²) < 4.78 is 23.3. The Morgan fingerprint density at radius 1 is 1.15 bits per heavy atom. The summed E-state index contributed by atoms with van der Waals surface area (Å²) in [6.45, 7) is 0. The topological polar surface area (TPSA) is 37.4 Å². The minimum absolute atomic E-state index is 0.0990. The second-order valence-corrected chi connectivity index (χ2v) is 6.06. The Kier molecular flexibility index (Phi) is 3.53. The zero-order valence-electron chi connectivity index (χ0n) is 6.25. The normalized spacial score (nSPS) is 12.0. The molecule has 1 aromatic carbocycles. The van der Waals surface area contributed by atoms with Crippen molar-refractivity contribution in [3.63, 3.8) is 0 Å². The minimum atomic E-state index is -3.59. The van der Waals surface area contributed by atoms with Crippen LogP contribution in [0.5, 0.6) is 0 Å². The summed E-state index contributed by atoms with van der Waals surface area (Å²) in [5, 5.41) is 0.476. The molecule has 0 aliphatic rings. The van der Waals surface area contributed by atoms with E-state index < -0.39 is 10.0 Å². The zero-order valence-corrected chi connectivity index (χ0v) is 9.62. The summed E-state index contributed by atoms with van der Waals surface area (Å²) in [7, 11) is -3.59. The molecular formula is C6H6ClNO2S3. The lowest BCUT2D eigenvalue weighted by molar-refractivity contribution is 0.583. The Morgan fingerprint density at radius 2 is 1.62 bits per heavy atom. The van der Waals surface area contributed by atoms with Gasteiger partial charge in [-0.3, -0.25) is 0 Å². The lowest BCUT2D eigenvalue weighted by Gasteiger charge is -2.07. The molecular weight excluding hydrogens is 250 g/mol. The molecule has 1 rings (SSSR count). The van der Waals surface area contributed by atoms with E-state index in [9.17, 15) is 8.42 Å². The van der Waals surface area contributed by atoms with Gasteiger partial charge >= 0.3 is 0 Å². The van der Waals surface area contributed by atoms with Crippen molar-refractivity contribution in [2.24, 2.45) is 0 Å². The number of thiol groups is 2. The van der Waals surface area contributed by atoms with Gasteiger partial charge in [-0.1, -0.05) is 40.3 Å². The molecule has 0 N–H and O–H groups in total. The maximum Gasteiger partial charge on any atom is 0.261 e. The number of benzene rings is 1. The highest BCUT2D eigenvalue weighted by molar-refractivity contribution is 8.11. The predicted molar refractivity (Wildman–Crippen MR) is 58.4 cm³/mol. The molecule has 13 heavy (non-hydrogen) atoms. The molecule has 0 aliphatic heterocycles. The molecule has 72 valence electrons. The summed E-state index contributed by atoms with van der Waals surface area (Å²) in [4.78, 5) is 0.0990. The molecule has 0 radical (unpaired) electrons. The Hall–Kier alpha value is 0.120. The molecule has 0 saturated heterocycles. The molecule has 3 nitrogen and oxygen atoms in total. The number of nitrogens with zero attached hydrogens (tertiary/aromatic N) is 1. The third kappa shape index (κ3) is 2.54. The van der Waals surface area contributed by atoms with E-state index in [2.05, 4.69) is 25.6 Å². The Labute approximate surface area is 92.8 Å². The first-order valence-electron chi connectivity index (χ1n) is 3.13. The van der Waals surface area contributed by atoms with Crippen LogP contribution in [0.15, 0.2) is 29.2 Å². The first-order valence-corrected chi connectivity index (χ1v) is 5.75. The van der Waals surface area contributed by atoms with E-state index in [4.69, 9.17) is 11.6 Å². The molecule has 0 bridgehead atoms. The summed E-state index contributed by atoms with van der Waals surface area (Å²) in [6.07, 6.45) is 0. The number of halogens is 1. The van der Waals surface area contributed by atoms with E-state index >= 15 is 0 Å². The lowest BCUT2D eigenvalue weighted by Crippen LogP contribution is -2.12. The highest BCUT2D eigenvalue weighted by Gasteiger charge is 2.18. The zero-order chi connectivity index (χ0) is 10.1. The second kappa shape index (κ2) is 4.10. The van der Waals surface area contributed by atoms with Crippen LogP contribution in [0.2, 0.25) is 5.02 Å². The van der Waals surface area contributed by atoms with Gasteiger partial charge in [0.1, 0.15) is 0 Å². The fraction of sp³-hybridized carbons (Fsp3) is 0. The van der Waals surface area contributed by atoms with Crippen molar-refractivity contribution in [3.8, 4) is 0 Å². The first kappa shape index (κ1) is 11.2. The van der Waals surface area contributed by atoms with Crippen LogP contribution in [0.25, 0.3) is 0 Å². The fourth-order valence-corrected chi connectivity index (χ4v) is 2.06. The Bertz CT molecular complexity index is 387. The van der Waals surface area contributed by atoms with Gasteiger partial charge in [-0.2, -0.15) is 0 Å².